The second-order valence-corrected chi connectivity index (χ2v) is 7.12. The van der Waals surface area contributed by atoms with Gasteiger partial charge in [-0.2, -0.15) is 0 Å². The van der Waals surface area contributed by atoms with Crippen molar-refractivity contribution in [1.29, 1.82) is 0 Å². The van der Waals surface area contributed by atoms with Crippen LogP contribution in [0.25, 0.3) is 0 Å². The summed E-state index contributed by atoms with van der Waals surface area (Å²) in [6, 6.07) is 7.62. The zero-order chi connectivity index (χ0) is 17.0. The number of hydrogen-bond acceptors (Lipinski definition) is 4. The summed E-state index contributed by atoms with van der Waals surface area (Å²) in [7, 11) is 0. The normalized spacial score (nSPS) is 15.5. The molecule has 1 aromatic carbocycles. The summed E-state index contributed by atoms with van der Waals surface area (Å²) < 4.78 is 5.40. The number of ether oxygens (including phenoxy) is 1. The Morgan fingerprint density at radius 1 is 1.17 bits per heavy atom. The van der Waals surface area contributed by atoms with E-state index in [9.17, 15) is 9.59 Å². The first-order valence-corrected chi connectivity index (χ1v) is 8.84. The van der Waals surface area contributed by atoms with Gasteiger partial charge in [-0.3, -0.25) is 4.79 Å². The first-order valence-electron chi connectivity index (χ1n) is 7.72. The van der Waals surface area contributed by atoms with Crippen molar-refractivity contribution < 1.29 is 14.3 Å². The molecule has 23 heavy (non-hydrogen) atoms. The molecule has 0 spiro atoms. The third-order valence-electron chi connectivity index (χ3n) is 3.59. The molecule has 1 aliphatic heterocycles. The number of carbonyl (C=O) groups is 2. The number of halogens is 1. The zero-order valence-corrected chi connectivity index (χ0v) is 15.4. The van der Waals surface area contributed by atoms with Crippen LogP contribution in [0.15, 0.2) is 24.3 Å². The van der Waals surface area contributed by atoms with Crippen molar-refractivity contribution in [2.45, 2.75) is 26.4 Å². The summed E-state index contributed by atoms with van der Waals surface area (Å²) in [6.07, 6.45) is -0.264. The fraction of sp³-hybridized carbons (Fsp3) is 0.529. The summed E-state index contributed by atoms with van der Waals surface area (Å²) >= 11 is 3.20. The largest absolute Gasteiger partial charge is 0.444 e. The van der Waals surface area contributed by atoms with Gasteiger partial charge >= 0.3 is 6.09 Å². The molecule has 1 aromatic rings. The highest BCUT2D eigenvalue weighted by molar-refractivity contribution is 9.09. The molecule has 0 bridgehead atoms. The van der Waals surface area contributed by atoms with Crippen molar-refractivity contribution in [1.82, 2.24) is 4.90 Å². The highest BCUT2D eigenvalue weighted by atomic mass is 79.9. The molecule has 1 saturated heterocycles. The van der Waals surface area contributed by atoms with E-state index < -0.39 is 5.60 Å². The minimum absolute atomic E-state index is 0.0687. The molecule has 1 amide bonds. The third-order valence-corrected chi connectivity index (χ3v) is 4.10. The molecule has 5 nitrogen and oxygen atoms in total. The molecule has 2 rings (SSSR count). The molecule has 1 aliphatic rings. The van der Waals surface area contributed by atoms with Crippen LogP contribution in [0.4, 0.5) is 10.5 Å². The van der Waals surface area contributed by atoms with Crippen molar-refractivity contribution in [3.63, 3.8) is 0 Å². The van der Waals surface area contributed by atoms with E-state index in [0.717, 1.165) is 18.8 Å². The molecular formula is C17H23BrN2O3. The first kappa shape index (κ1) is 17.8. The van der Waals surface area contributed by atoms with Crippen LogP contribution >= 0.6 is 15.9 Å². The quantitative estimate of drug-likeness (QED) is 0.594. The van der Waals surface area contributed by atoms with E-state index in [0.29, 0.717) is 24.0 Å². The minimum Gasteiger partial charge on any atom is -0.444 e. The van der Waals surface area contributed by atoms with Crippen LogP contribution in [0.3, 0.4) is 0 Å². The van der Waals surface area contributed by atoms with Crippen LogP contribution in [0.2, 0.25) is 0 Å². The van der Waals surface area contributed by atoms with E-state index in [1.165, 1.54) is 0 Å². The number of rotatable bonds is 3. The molecule has 0 unspecified atom stereocenters. The number of hydrogen-bond donors (Lipinski definition) is 0. The highest BCUT2D eigenvalue weighted by Gasteiger charge is 2.26. The highest BCUT2D eigenvalue weighted by Crippen LogP contribution is 2.20. The van der Waals surface area contributed by atoms with Crippen molar-refractivity contribution in [2.24, 2.45) is 0 Å². The lowest BCUT2D eigenvalue weighted by molar-refractivity contribution is 0.0240. The molecule has 0 atom stereocenters. The van der Waals surface area contributed by atoms with Gasteiger partial charge in [-0.25, -0.2) is 4.79 Å². The zero-order valence-electron chi connectivity index (χ0n) is 13.8. The fourth-order valence-corrected chi connectivity index (χ4v) is 2.75. The minimum atomic E-state index is -0.474. The molecule has 0 aromatic heterocycles. The summed E-state index contributed by atoms with van der Waals surface area (Å²) in [5.74, 6) is 0.0687. The average Bonchev–Trinajstić information content (AvgIpc) is 2.53. The van der Waals surface area contributed by atoms with Gasteiger partial charge in [0, 0.05) is 37.4 Å². The predicted octanol–water partition coefficient (Wildman–Crippen LogP) is 3.32. The number of alkyl halides is 1. The van der Waals surface area contributed by atoms with Crippen LogP contribution in [0.1, 0.15) is 31.1 Å². The van der Waals surface area contributed by atoms with Gasteiger partial charge in [0.05, 0.1) is 5.33 Å². The number of amides is 1. The summed E-state index contributed by atoms with van der Waals surface area (Å²) in [5, 5.41) is 0.322. The van der Waals surface area contributed by atoms with Gasteiger partial charge in [-0.05, 0) is 32.9 Å². The Morgan fingerprint density at radius 3 is 2.39 bits per heavy atom. The van der Waals surface area contributed by atoms with Gasteiger partial charge < -0.3 is 14.5 Å². The van der Waals surface area contributed by atoms with Gasteiger partial charge in [0.15, 0.2) is 5.78 Å². The second-order valence-electron chi connectivity index (χ2n) is 6.56. The number of piperazine rings is 1. The Balaban J connectivity index is 1.97. The molecule has 0 saturated carbocycles. The average molecular weight is 383 g/mol. The van der Waals surface area contributed by atoms with Crippen LogP contribution < -0.4 is 4.90 Å². The van der Waals surface area contributed by atoms with E-state index in [2.05, 4.69) is 20.8 Å². The predicted molar refractivity (Wildman–Crippen MR) is 94.6 cm³/mol. The fourth-order valence-electron chi connectivity index (χ4n) is 2.43. The topological polar surface area (TPSA) is 49.9 Å². The second kappa shape index (κ2) is 7.34. The van der Waals surface area contributed by atoms with E-state index in [1.807, 2.05) is 45.0 Å². The lowest BCUT2D eigenvalue weighted by atomic mass is 10.1. The molecule has 126 valence electrons. The van der Waals surface area contributed by atoms with Gasteiger partial charge in [-0.1, -0.05) is 28.1 Å². The van der Waals surface area contributed by atoms with E-state index in [4.69, 9.17) is 4.74 Å². The Bertz CT molecular complexity index is 575. The number of ketones is 1. The SMILES string of the molecule is CC(C)(C)OC(=O)N1CCN(c2cccc(C(=O)CBr)c2)CC1. The molecular weight excluding hydrogens is 360 g/mol. The third kappa shape index (κ3) is 4.96. The maximum absolute atomic E-state index is 12.1. The molecule has 1 heterocycles. The summed E-state index contributed by atoms with van der Waals surface area (Å²) in [6.45, 7) is 8.29. The van der Waals surface area contributed by atoms with E-state index in [1.54, 1.807) is 4.90 Å². The number of nitrogens with zero attached hydrogens (tertiary/aromatic N) is 2. The van der Waals surface area contributed by atoms with Crippen LogP contribution in [-0.4, -0.2) is 53.9 Å². The molecule has 6 heteroatoms. The van der Waals surface area contributed by atoms with Crippen LogP contribution in [-0.2, 0) is 4.74 Å². The van der Waals surface area contributed by atoms with Crippen LogP contribution in [0, 0.1) is 0 Å². The van der Waals surface area contributed by atoms with Gasteiger partial charge in [0.25, 0.3) is 0 Å². The van der Waals surface area contributed by atoms with Crippen molar-refractivity contribution in [3.05, 3.63) is 29.8 Å². The van der Waals surface area contributed by atoms with E-state index in [-0.39, 0.29) is 11.9 Å². The number of Topliss-reactive ketones (excluding diaryl/α,β-unsaturated/α-hetero) is 1. The smallest absolute Gasteiger partial charge is 0.410 e. The number of anilines is 1. The number of carbonyl (C=O) groups excluding carboxylic acids is 2. The van der Waals surface area contributed by atoms with E-state index >= 15 is 0 Å². The maximum atomic E-state index is 12.1. The summed E-state index contributed by atoms with van der Waals surface area (Å²) in [5.41, 5.74) is 1.24. The summed E-state index contributed by atoms with van der Waals surface area (Å²) in [4.78, 5) is 27.8. The first-order chi connectivity index (χ1) is 10.8. The van der Waals surface area contributed by atoms with Crippen LogP contribution in [0.5, 0.6) is 0 Å². The maximum Gasteiger partial charge on any atom is 0.410 e. The Hall–Kier alpha value is -1.56. The standard InChI is InChI=1S/C17H23BrN2O3/c1-17(2,3)23-16(22)20-9-7-19(8-10-20)14-6-4-5-13(11-14)15(21)12-18/h4-6,11H,7-10,12H2,1-3H3. The van der Waals surface area contributed by atoms with Gasteiger partial charge in [0.2, 0.25) is 0 Å². The Kier molecular flexibility index (Phi) is 5.68. The Morgan fingerprint density at radius 2 is 1.83 bits per heavy atom. The molecule has 0 N–H and O–H groups in total. The molecule has 1 fully saturated rings. The van der Waals surface area contributed by atoms with Crippen molar-refractivity contribution in [2.75, 3.05) is 36.4 Å². The van der Waals surface area contributed by atoms with Gasteiger partial charge in [0.1, 0.15) is 5.60 Å². The molecule has 0 aliphatic carbocycles. The monoisotopic (exact) mass is 382 g/mol. The lowest BCUT2D eigenvalue weighted by Crippen LogP contribution is -2.50. The van der Waals surface area contributed by atoms with Crippen molar-refractivity contribution >= 4 is 33.5 Å². The van der Waals surface area contributed by atoms with Gasteiger partial charge in [-0.15, -0.1) is 0 Å². The Labute approximate surface area is 145 Å². The number of benzene rings is 1. The lowest BCUT2D eigenvalue weighted by Gasteiger charge is -2.36. The molecule has 0 radical (unpaired) electrons. The van der Waals surface area contributed by atoms with Crippen molar-refractivity contribution in [3.8, 4) is 0 Å².